The SMILES string of the molecule is O=S(=O)(NCCc1ccc(OCn2cnnn2)cc1)c1ccc(Cl)cc1. The van der Waals surface area contributed by atoms with Crippen molar-refractivity contribution in [1.82, 2.24) is 24.9 Å². The second-order valence-electron chi connectivity index (χ2n) is 5.37. The maximum Gasteiger partial charge on any atom is 0.240 e. The minimum absolute atomic E-state index is 0.188. The predicted octanol–water partition coefficient (Wildman–Crippen LogP) is 1.88. The lowest BCUT2D eigenvalue weighted by molar-refractivity contribution is 0.218. The number of sulfonamides is 1. The Bertz CT molecular complexity index is 929. The minimum atomic E-state index is -3.54. The fourth-order valence-electron chi connectivity index (χ4n) is 2.16. The zero-order chi connectivity index (χ0) is 18.4. The highest BCUT2D eigenvalue weighted by atomic mass is 35.5. The van der Waals surface area contributed by atoms with Crippen LogP contribution in [0.25, 0.3) is 0 Å². The van der Waals surface area contributed by atoms with Crippen LogP contribution in [0.3, 0.4) is 0 Å². The van der Waals surface area contributed by atoms with Gasteiger partial charge in [0.25, 0.3) is 0 Å². The van der Waals surface area contributed by atoms with E-state index in [1.165, 1.54) is 23.1 Å². The Balaban J connectivity index is 1.49. The van der Waals surface area contributed by atoms with Gasteiger partial charge in [-0.25, -0.2) is 13.1 Å². The Morgan fingerprint density at radius 3 is 2.46 bits per heavy atom. The zero-order valence-corrected chi connectivity index (χ0v) is 15.2. The number of ether oxygens (including phenoxy) is 1. The maximum absolute atomic E-state index is 12.2. The van der Waals surface area contributed by atoms with Crippen LogP contribution in [0.1, 0.15) is 5.56 Å². The summed E-state index contributed by atoms with van der Waals surface area (Å²) in [7, 11) is -3.54. The summed E-state index contributed by atoms with van der Waals surface area (Å²) < 4.78 is 33.9. The van der Waals surface area contributed by atoms with Crippen LogP contribution in [-0.2, 0) is 23.2 Å². The van der Waals surface area contributed by atoms with Crippen LogP contribution >= 0.6 is 11.6 Å². The highest BCUT2D eigenvalue weighted by molar-refractivity contribution is 7.89. The number of hydrogen-bond donors (Lipinski definition) is 1. The van der Waals surface area contributed by atoms with Crippen molar-refractivity contribution in [3.05, 3.63) is 65.4 Å². The standard InChI is InChI=1S/C16H16ClN5O3S/c17-14-3-7-16(8-4-14)26(23,24)19-10-9-13-1-5-15(6-2-13)25-12-22-11-18-20-21-22/h1-8,11,19H,9-10,12H2. The van der Waals surface area contributed by atoms with Gasteiger partial charge in [0, 0.05) is 11.6 Å². The van der Waals surface area contributed by atoms with E-state index in [1.807, 2.05) is 24.3 Å². The lowest BCUT2D eigenvalue weighted by Gasteiger charge is -2.08. The number of rotatable bonds is 8. The van der Waals surface area contributed by atoms with Crippen molar-refractivity contribution in [3.8, 4) is 5.75 Å². The van der Waals surface area contributed by atoms with Gasteiger partial charge in [-0.05, 0) is 58.8 Å². The number of nitrogens with zero attached hydrogens (tertiary/aromatic N) is 4. The summed E-state index contributed by atoms with van der Waals surface area (Å²) in [6, 6.07) is 13.4. The number of halogens is 1. The van der Waals surface area contributed by atoms with Crippen molar-refractivity contribution in [3.63, 3.8) is 0 Å². The largest absolute Gasteiger partial charge is 0.471 e. The summed E-state index contributed by atoms with van der Waals surface area (Å²) in [6.07, 6.45) is 2.02. The van der Waals surface area contributed by atoms with Gasteiger partial charge in [-0.15, -0.1) is 5.10 Å². The first-order chi connectivity index (χ1) is 12.5. The van der Waals surface area contributed by atoms with E-state index >= 15 is 0 Å². The Labute approximate surface area is 155 Å². The molecule has 0 atom stereocenters. The van der Waals surface area contributed by atoms with Gasteiger partial charge in [0.2, 0.25) is 10.0 Å². The van der Waals surface area contributed by atoms with E-state index in [4.69, 9.17) is 16.3 Å². The second-order valence-corrected chi connectivity index (χ2v) is 7.57. The van der Waals surface area contributed by atoms with Crippen molar-refractivity contribution in [2.75, 3.05) is 6.54 Å². The molecule has 0 radical (unpaired) electrons. The van der Waals surface area contributed by atoms with E-state index in [1.54, 1.807) is 12.1 Å². The number of tetrazole rings is 1. The van der Waals surface area contributed by atoms with Crippen LogP contribution < -0.4 is 9.46 Å². The van der Waals surface area contributed by atoms with Gasteiger partial charge in [-0.2, -0.15) is 4.68 Å². The molecule has 0 saturated carbocycles. The Morgan fingerprint density at radius 2 is 1.81 bits per heavy atom. The molecule has 0 saturated heterocycles. The molecule has 8 nitrogen and oxygen atoms in total. The van der Waals surface area contributed by atoms with Crippen LogP contribution in [0.5, 0.6) is 5.75 Å². The molecule has 1 N–H and O–H groups in total. The average molecular weight is 394 g/mol. The molecular weight excluding hydrogens is 378 g/mol. The third-order valence-corrected chi connectivity index (χ3v) is 5.24. The highest BCUT2D eigenvalue weighted by Crippen LogP contribution is 2.15. The van der Waals surface area contributed by atoms with Gasteiger partial charge in [-0.3, -0.25) is 0 Å². The average Bonchev–Trinajstić information content (AvgIpc) is 3.15. The van der Waals surface area contributed by atoms with Gasteiger partial charge in [-0.1, -0.05) is 23.7 Å². The molecule has 1 aromatic heterocycles. The first kappa shape index (κ1) is 18.3. The Kier molecular flexibility index (Phi) is 5.82. The molecule has 0 unspecified atom stereocenters. The van der Waals surface area contributed by atoms with E-state index < -0.39 is 10.0 Å². The van der Waals surface area contributed by atoms with E-state index in [2.05, 4.69) is 20.2 Å². The molecule has 0 aliphatic heterocycles. The smallest absolute Gasteiger partial charge is 0.240 e. The highest BCUT2D eigenvalue weighted by Gasteiger charge is 2.12. The lowest BCUT2D eigenvalue weighted by atomic mass is 10.1. The van der Waals surface area contributed by atoms with Crippen molar-refractivity contribution >= 4 is 21.6 Å². The van der Waals surface area contributed by atoms with E-state index in [0.717, 1.165) is 5.56 Å². The Morgan fingerprint density at radius 1 is 1.08 bits per heavy atom. The van der Waals surface area contributed by atoms with Gasteiger partial charge >= 0.3 is 0 Å². The summed E-state index contributed by atoms with van der Waals surface area (Å²) >= 11 is 5.77. The Hall–Kier alpha value is -2.49. The fraction of sp³-hybridized carbons (Fsp3) is 0.188. The van der Waals surface area contributed by atoms with E-state index in [0.29, 0.717) is 17.2 Å². The van der Waals surface area contributed by atoms with Gasteiger partial charge in [0.05, 0.1) is 4.90 Å². The van der Waals surface area contributed by atoms with Crippen LogP contribution in [-0.4, -0.2) is 35.2 Å². The molecule has 1 heterocycles. The summed E-state index contributed by atoms with van der Waals surface area (Å²) in [6.45, 7) is 0.503. The normalized spacial score (nSPS) is 11.4. The van der Waals surface area contributed by atoms with Crippen LogP contribution in [0.4, 0.5) is 0 Å². The molecule has 0 aliphatic carbocycles. The summed E-state index contributed by atoms with van der Waals surface area (Å²) in [5.41, 5.74) is 0.985. The van der Waals surface area contributed by atoms with Gasteiger partial charge in [0.15, 0.2) is 6.73 Å². The number of aromatic nitrogens is 4. The van der Waals surface area contributed by atoms with E-state index in [9.17, 15) is 8.42 Å². The third-order valence-electron chi connectivity index (χ3n) is 3.51. The fourth-order valence-corrected chi connectivity index (χ4v) is 3.32. The summed E-state index contributed by atoms with van der Waals surface area (Å²) in [5.74, 6) is 0.672. The van der Waals surface area contributed by atoms with Crippen LogP contribution in [0.15, 0.2) is 59.8 Å². The summed E-state index contributed by atoms with van der Waals surface area (Å²) in [4.78, 5) is 0.188. The van der Waals surface area contributed by atoms with Gasteiger partial charge < -0.3 is 4.74 Å². The quantitative estimate of drug-likeness (QED) is 0.627. The molecule has 3 rings (SSSR count). The molecular formula is C16H16ClN5O3S. The molecule has 0 spiro atoms. The molecule has 26 heavy (non-hydrogen) atoms. The summed E-state index contributed by atoms with van der Waals surface area (Å²) in [5, 5.41) is 11.2. The molecule has 136 valence electrons. The van der Waals surface area contributed by atoms with Crippen molar-refractivity contribution in [1.29, 1.82) is 0 Å². The number of nitrogens with one attached hydrogen (secondary N) is 1. The molecule has 0 fully saturated rings. The van der Waals surface area contributed by atoms with Crippen molar-refractivity contribution < 1.29 is 13.2 Å². The minimum Gasteiger partial charge on any atom is -0.471 e. The molecule has 0 amide bonds. The van der Waals surface area contributed by atoms with Crippen molar-refractivity contribution in [2.45, 2.75) is 18.0 Å². The van der Waals surface area contributed by atoms with E-state index in [-0.39, 0.29) is 18.2 Å². The molecule has 2 aromatic carbocycles. The first-order valence-electron chi connectivity index (χ1n) is 7.71. The predicted molar refractivity (Wildman–Crippen MR) is 95.2 cm³/mol. The molecule has 0 bridgehead atoms. The van der Waals surface area contributed by atoms with Crippen LogP contribution in [0, 0.1) is 0 Å². The third kappa shape index (κ3) is 5.01. The number of hydrogen-bond acceptors (Lipinski definition) is 6. The number of benzene rings is 2. The zero-order valence-electron chi connectivity index (χ0n) is 13.6. The first-order valence-corrected chi connectivity index (χ1v) is 9.57. The van der Waals surface area contributed by atoms with Crippen molar-refractivity contribution in [2.24, 2.45) is 0 Å². The van der Waals surface area contributed by atoms with Gasteiger partial charge in [0.1, 0.15) is 12.1 Å². The molecule has 3 aromatic rings. The van der Waals surface area contributed by atoms with Crippen LogP contribution in [0.2, 0.25) is 5.02 Å². The molecule has 0 aliphatic rings. The monoisotopic (exact) mass is 393 g/mol. The lowest BCUT2D eigenvalue weighted by Crippen LogP contribution is -2.25. The molecule has 10 heteroatoms. The maximum atomic E-state index is 12.2. The second kappa shape index (κ2) is 8.26. The topological polar surface area (TPSA) is 99.0 Å².